The summed E-state index contributed by atoms with van der Waals surface area (Å²) in [6, 6.07) is 3.98. The molecule has 0 saturated carbocycles. The smallest absolute Gasteiger partial charge is 0.217 e. The van der Waals surface area contributed by atoms with Gasteiger partial charge >= 0.3 is 0 Å². The summed E-state index contributed by atoms with van der Waals surface area (Å²) >= 11 is 0. The molecule has 19 heavy (non-hydrogen) atoms. The zero-order valence-electron chi connectivity index (χ0n) is 12.3. The van der Waals surface area contributed by atoms with Crippen molar-refractivity contribution in [3.8, 4) is 5.88 Å². The Balaban J connectivity index is 2.31. The van der Waals surface area contributed by atoms with E-state index in [2.05, 4.69) is 31.1 Å². The van der Waals surface area contributed by atoms with E-state index in [1.165, 1.54) is 0 Å². The van der Waals surface area contributed by atoms with Crippen molar-refractivity contribution < 1.29 is 9.47 Å². The van der Waals surface area contributed by atoms with Gasteiger partial charge in [-0.2, -0.15) is 0 Å². The van der Waals surface area contributed by atoms with Gasteiger partial charge in [-0.05, 0) is 24.9 Å². The highest BCUT2D eigenvalue weighted by molar-refractivity contribution is 5.25. The molecule has 0 aromatic carbocycles. The van der Waals surface area contributed by atoms with E-state index >= 15 is 0 Å². The molecule has 1 N–H and O–H groups in total. The standard InChI is InChI=1S/C15H26N2O2/c1-4-7-16-11-14-6-5-8-17-15(14)19-10-9-18-12-13(2)3/h5-6,8,13,16H,4,7,9-12H2,1-3H3. The summed E-state index contributed by atoms with van der Waals surface area (Å²) in [7, 11) is 0. The van der Waals surface area contributed by atoms with Gasteiger partial charge in [0.1, 0.15) is 6.61 Å². The molecular formula is C15H26N2O2. The van der Waals surface area contributed by atoms with Gasteiger partial charge in [0.05, 0.1) is 6.61 Å². The van der Waals surface area contributed by atoms with Crippen molar-refractivity contribution in [1.82, 2.24) is 10.3 Å². The number of pyridine rings is 1. The van der Waals surface area contributed by atoms with Crippen molar-refractivity contribution in [2.45, 2.75) is 33.7 Å². The van der Waals surface area contributed by atoms with Crippen molar-refractivity contribution in [2.24, 2.45) is 5.92 Å². The number of hydrogen-bond acceptors (Lipinski definition) is 4. The van der Waals surface area contributed by atoms with E-state index in [-0.39, 0.29) is 0 Å². The first kappa shape index (κ1) is 15.9. The summed E-state index contributed by atoms with van der Waals surface area (Å²) in [5.74, 6) is 1.27. The van der Waals surface area contributed by atoms with E-state index < -0.39 is 0 Å². The van der Waals surface area contributed by atoms with Crippen molar-refractivity contribution in [3.63, 3.8) is 0 Å². The van der Waals surface area contributed by atoms with Crippen LogP contribution in [0.5, 0.6) is 5.88 Å². The quantitative estimate of drug-likeness (QED) is 0.661. The fraction of sp³-hybridized carbons (Fsp3) is 0.667. The third-order valence-electron chi connectivity index (χ3n) is 2.51. The molecule has 1 aromatic heterocycles. The molecular weight excluding hydrogens is 240 g/mol. The van der Waals surface area contributed by atoms with Gasteiger partial charge in [0.15, 0.2) is 0 Å². The normalized spacial score (nSPS) is 10.9. The van der Waals surface area contributed by atoms with Crippen LogP contribution in [0.3, 0.4) is 0 Å². The molecule has 0 aliphatic carbocycles. The van der Waals surface area contributed by atoms with Crippen LogP contribution in [0.25, 0.3) is 0 Å². The molecule has 0 spiro atoms. The van der Waals surface area contributed by atoms with E-state index in [1.54, 1.807) is 6.20 Å². The molecule has 0 unspecified atom stereocenters. The first-order valence-electron chi connectivity index (χ1n) is 7.09. The molecule has 4 nitrogen and oxygen atoms in total. The zero-order valence-corrected chi connectivity index (χ0v) is 12.3. The predicted molar refractivity (Wildman–Crippen MR) is 77.4 cm³/mol. The first-order valence-corrected chi connectivity index (χ1v) is 7.09. The van der Waals surface area contributed by atoms with Crippen LogP contribution >= 0.6 is 0 Å². The Bertz CT molecular complexity index is 343. The molecule has 0 saturated heterocycles. The minimum Gasteiger partial charge on any atom is -0.475 e. The molecule has 0 bridgehead atoms. The summed E-state index contributed by atoms with van der Waals surface area (Å²) in [6.07, 6.45) is 2.88. The van der Waals surface area contributed by atoms with Crippen molar-refractivity contribution in [3.05, 3.63) is 23.9 Å². The van der Waals surface area contributed by atoms with Gasteiger partial charge in [-0.1, -0.05) is 26.8 Å². The van der Waals surface area contributed by atoms with E-state index in [9.17, 15) is 0 Å². The highest BCUT2D eigenvalue weighted by Gasteiger charge is 2.04. The van der Waals surface area contributed by atoms with Crippen LogP contribution in [0.4, 0.5) is 0 Å². The molecule has 0 aliphatic rings. The largest absolute Gasteiger partial charge is 0.475 e. The molecule has 4 heteroatoms. The Labute approximate surface area is 116 Å². The third kappa shape index (κ3) is 7.13. The van der Waals surface area contributed by atoms with Gasteiger partial charge in [-0.25, -0.2) is 4.98 Å². The molecule has 0 amide bonds. The maximum atomic E-state index is 5.67. The second-order valence-corrected chi connectivity index (χ2v) is 4.96. The lowest BCUT2D eigenvalue weighted by Crippen LogP contribution is -2.16. The molecule has 108 valence electrons. The van der Waals surface area contributed by atoms with E-state index in [0.29, 0.717) is 25.0 Å². The van der Waals surface area contributed by atoms with Crippen LogP contribution in [0.1, 0.15) is 32.8 Å². The lowest BCUT2D eigenvalue weighted by atomic mass is 10.2. The van der Waals surface area contributed by atoms with Crippen LogP contribution in [0.15, 0.2) is 18.3 Å². The third-order valence-corrected chi connectivity index (χ3v) is 2.51. The number of rotatable bonds is 10. The zero-order chi connectivity index (χ0) is 13.9. The van der Waals surface area contributed by atoms with Crippen molar-refractivity contribution in [2.75, 3.05) is 26.4 Å². The number of hydrogen-bond donors (Lipinski definition) is 1. The number of aromatic nitrogens is 1. The molecule has 0 aliphatic heterocycles. The second-order valence-electron chi connectivity index (χ2n) is 4.96. The number of ether oxygens (including phenoxy) is 2. The highest BCUT2D eigenvalue weighted by Crippen LogP contribution is 2.13. The average molecular weight is 266 g/mol. The minimum absolute atomic E-state index is 0.546. The van der Waals surface area contributed by atoms with Gasteiger partial charge in [0, 0.05) is 24.9 Å². The van der Waals surface area contributed by atoms with E-state index in [0.717, 1.165) is 31.7 Å². The van der Waals surface area contributed by atoms with Crippen LogP contribution in [-0.4, -0.2) is 31.3 Å². The SMILES string of the molecule is CCCNCc1cccnc1OCCOCC(C)C. The summed E-state index contributed by atoms with van der Waals surface area (Å²) in [5.41, 5.74) is 1.10. The van der Waals surface area contributed by atoms with Crippen LogP contribution in [-0.2, 0) is 11.3 Å². The summed E-state index contributed by atoms with van der Waals surface area (Å²) in [5, 5.41) is 3.36. The Morgan fingerprint density at radius 1 is 1.32 bits per heavy atom. The second kappa shape index (κ2) is 9.75. The van der Waals surface area contributed by atoms with E-state index in [1.807, 2.05) is 12.1 Å². The molecule has 0 atom stereocenters. The Hall–Kier alpha value is -1.13. The highest BCUT2D eigenvalue weighted by atomic mass is 16.5. The molecule has 1 aromatic rings. The number of nitrogens with one attached hydrogen (secondary N) is 1. The van der Waals surface area contributed by atoms with Crippen molar-refractivity contribution in [1.29, 1.82) is 0 Å². The molecule has 1 heterocycles. The summed E-state index contributed by atoms with van der Waals surface area (Å²) < 4.78 is 11.2. The maximum Gasteiger partial charge on any atom is 0.217 e. The Morgan fingerprint density at radius 2 is 2.16 bits per heavy atom. The van der Waals surface area contributed by atoms with Gasteiger partial charge < -0.3 is 14.8 Å². The maximum absolute atomic E-state index is 5.67. The molecule has 1 rings (SSSR count). The van der Waals surface area contributed by atoms with Crippen LogP contribution in [0.2, 0.25) is 0 Å². The fourth-order valence-electron chi connectivity index (χ4n) is 1.60. The number of nitrogens with zero attached hydrogens (tertiary/aromatic N) is 1. The van der Waals surface area contributed by atoms with Gasteiger partial charge in [0.2, 0.25) is 5.88 Å². The average Bonchev–Trinajstić information content (AvgIpc) is 2.40. The van der Waals surface area contributed by atoms with Crippen LogP contribution < -0.4 is 10.1 Å². The monoisotopic (exact) mass is 266 g/mol. The summed E-state index contributed by atoms with van der Waals surface area (Å²) in [6.45, 7) is 10.2. The molecule has 0 radical (unpaired) electrons. The Kier molecular flexibility index (Phi) is 8.18. The predicted octanol–water partition coefficient (Wildman–Crippen LogP) is 2.63. The topological polar surface area (TPSA) is 43.4 Å². The summed E-state index contributed by atoms with van der Waals surface area (Å²) in [4.78, 5) is 4.27. The fourth-order valence-corrected chi connectivity index (χ4v) is 1.60. The van der Waals surface area contributed by atoms with Crippen LogP contribution in [0, 0.1) is 5.92 Å². The van der Waals surface area contributed by atoms with Gasteiger partial charge in [-0.15, -0.1) is 0 Å². The lowest BCUT2D eigenvalue weighted by molar-refractivity contribution is 0.0803. The van der Waals surface area contributed by atoms with E-state index in [4.69, 9.17) is 9.47 Å². The van der Waals surface area contributed by atoms with Gasteiger partial charge in [0.25, 0.3) is 0 Å². The first-order chi connectivity index (χ1) is 9.24. The van der Waals surface area contributed by atoms with Gasteiger partial charge in [-0.3, -0.25) is 0 Å². The van der Waals surface area contributed by atoms with Crippen molar-refractivity contribution >= 4 is 0 Å². The Morgan fingerprint density at radius 3 is 2.89 bits per heavy atom. The lowest BCUT2D eigenvalue weighted by Gasteiger charge is -2.11. The minimum atomic E-state index is 0.546. The molecule has 0 fully saturated rings.